The molecular formula is C9H6NO. The van der Waals surface area contributed by atoms with Crippen LogP contribution in [0.2, 0.25) is 0 Å². The van der Waals surface area contributed by atoms with Gasteiger partial charge < -0.3 is 0 Å². The first-order valence-corrected chi connectivity index (χ1v) is 3.46. The van der Waals surface area contributed by atoms with Crippen LogP contribution < -0.4 is 0 Å². The summed E-state index contributed by atoms with van der Waals surface area (Å²) >= 11 is 0. The Morgan fingerprint density at radius 1 is 1.55 bits per heavy atom. The van der Waals surface area contributed by atoms with Crippen molar-refractivity contribution in [3.05, 3.63) is 35.5 Å². The molecule has 0 saturated carbocycles. The maximum atomic E-state index is 11.1. The average Bonchev–Trinajstić information content (AvgIpc) is 2.06. The number of dihydropyridines is 1. The molecule has 1 aliphatic heterocycles. The molecule has 0 unspecified atom stereocenters. The van der Waals surface area contributed by atoms with Crippen LogP contribution in [0.1, 0.15) is 6.42 Å². The highest BCUT2D eigenvalue weighted by Gasteiger charge is 2.15. The largest absolute Gasteiger partial charge is 0.277 e. The van der Waals surface area contributed by atoms with Crippen molar-refractivity contribution in [3.63, 3.8) is 0 Å². The minimum absolute atomic E-state index is 0.174. The molecule has 2 nitrogen and oxygen atoms in total. The van der Waals surface area contributed by atoms with Crippen LogP contribution in [0.4, 0.5) is 0 Å². The van der Waals surface area contributed by atoms with Crippen molar-refractivity contribution in [1.29, 1.82) is 0 Å². The number of aliphatic imine (C=N–C) groups is 1. The molecule has 11 heavy (non-hydrogen) atoms. The predicted molar refractivity (Wildman–Crippen MR) is 42.4 cm³/mol. The lowest BCUT2D eigenvalue weighted by molar-refractivity contribution is -0.114. The predicted octanol–water partition coefficient (Wildman–Crippen LogP) is 1.29. The van der Waals surface area contributed by atoms with E-state index in [2.05, 4.69) is 11.2 Å². The van der Waals surface area contributed by atoms with Gasteiger partial charge in [-0.15, -0.1) is 0 Å². The highest BCUT2D eigenvalue weighted by atomic mass is 16.1. The number of carbonyl (C=O) groups excluding carboxylic acids is 1. The van der Waals surface area contributed by atoms with E-state index in [1.165, 1.54) is 0 Å². The molecule has 0 N–H and O–H groups in total. The van der Waals surface area contributed by atoms with Gasteiger partial charge in [-0.25, -0.2) is 4.99 Å². The summed E-state index contributed by atoms with van der Waals surface area (Å²) in [5.74, 6) is -0.174. The Morgan fingerprint density at radius 2 is 2.45 bits per heavy atom. The van der Waals surface area contributed by atoms with Crippen LogP contribution in [0.25, 0.3) is 0 Å². The molecule has 1 heterocycles. The van der Waals surface area contributed by atoms with Gasteiger partial charge in [0.05, 0.1) is 6.21 Å². The summed E-state index contributed by atoms with van der Waals surface area (Å²) in [6.45, 7) is 0. The smallest absolute Gasteiger partial charge is 0.267 e. The van der Waals surface area contributed by atoms with Gasteiger partial charge in [0.15, 0.2) is 0 Å². The fourth-order valence-electron chi connectivity index (χ4n) is 1.15. The summed E-state index contributed by atoms with van der Waals surface area (Å²) in [7, 11) is 0. The van der Waals surface area contributed by atoms with E-state index in [9.17, 15) is 4.79 Å². The first-order chi connectivity index (χ1) is 5.38. The third-order valence-electron chi connectivity index (χ3n) is 1.68. The van der Waals surface area contributed by atoms with Gasteiger partial charge >= 0.3 is 0 Å². The summed E-state index contributed by atoms with van der Waals surface area (Å²) in [6, 6.07) is 0. The number of fused-ring (bicyclic) bond motifs is 1. The van der Waals surface area contributed by atoms with Crippen molar-refractivity contribution < 1.29 is 4.79 Å². The molecular weight excluding hydrogens is 138 g/mol. The average molecular weight is 144 g/mol. The molecule has 0 bridgehead atoms. The number of nitrogens with zero attached hydrogens (tertiary/aromatic N) is 1. The van der Waals surface area contributed by atoms with Crippen molar-refractivity contribution in [2.75, 3.05) is 0 Å². The standard InChI is InChI=1S/C9H6NO/c11-9-8-4-2-1-3-7(8)5-6-10-9/h1,3-5H,2H2. The number of rotatable bonds is 0. The van der Waals surface area contributed by atoms with E-state index < -0.39 is 0 Å². The summed E-state index contributed by atoms with van der Waals surface area (Å²) in [4.78, 5) is 14.6. The van der Waals surface area contributed by atoms with Crippen molar-refractivity contribution in [2.45, 2.75) is 6.42 Å². The second-order valence-corrected chi connectivity index (χ2v) is 2.40. The van der Waals surface area contributed by atoms with Crippen molar-refractivity contribution in [2.24, 2.45) is 4.99 Å². The van der Waals surface area contributed by atoms with Gasteiger partial charge in [-0.05, 0) is 18.1 Å². The maximum Gasteiger partial charge on any atom is 0.277 e. The molecule has 1 radical (unpaired) electrons. The van der Waals surface area contributed by atoms with Crippen molar-refractivity contribution in [3.8, 4) is 0 Å². The van der Waals surface area contributed by atoms with Crippen LogP contribution >= 0.6 is 0 Å². The zero-order valence-corrected chi connectivity index (χ0v) is 5.87. The van der Waals surface area contributed by atoms with Crippen LogP contribution in [0.3, 0.4) is 0 Å². The molecule has 0 fully saturated rings. The number of allylic oxidation sites excluding steroid dienone is 4. The van der Waals surface area contributed by atoms with Gasteiger partial charge in [-0.3, -0.25) is 4.79 Å². The quantitative estimate of drug-likeness (QED) is 0.503. The van der Waals surface area contributed by atoms with E-state index in [0.717, 1.165) is 12.0 Å². The van der Waals surface area contributed by atoms with E-state index in [4.69, 9.17) is 0 Å². The van der Waals surface area contributed by atoms with Crippen LogP contribution in [0.5, 0.6) is 0 Å². The number of amides is 1. The fourth-order valence-corrected chi connectivity index (χ4v) is 1.15. The van der Waals surface area contributed by atoms with Crippen LogP contribution in [0, 0.1) is 0 Å². The molecule has 0 aromatic carbocycles. The Morgan fingerprint density at radius 3 is 3.27 bits per heavy atom. The Labute approximate surface area is 64.6 Å². The number of hydrogen-bond acceptors (Lipinski definition) is 1. The van der Waals surface area contributed by atoms with Crippen molar-refractivity contribution >= 4 is 12.1 Å². The van der Waals surface area contributed by atoms with E-state index in [0.29, 0.717) is 5.57 Å². The third-order valence-corrected chi connectivity index (χ3v) is 1.68. The van der Waals surface area contributed by atoms with Gasteiger partial charge in [-0.1, -0.05) is 18.2 Å². The SMILES string of the molecule is O=C1N=[C]C=C2C=CCC=C12. The summed E-state index contributed by atoms with van der Waals surface area (Å²) in [5, 5.41) is 0. The van der Waals surface area contributed by atoms with Crippen molar-refractivity contribution in [1.82, 2.24) is 0 Å². The Kier molecular flexibility index (Phi) is 1.32. The van der Waals surface area contributed by atoms with Gasteiger partial charge in [0.2, 0.25) is 0 Å². The molecule has 0 saturated heterocycles. The van der Waals surface area contributed by atoms with Crippen LogP contribution in [-0.4, -0.2) is 12.1 Å². The molecule has 0 spiro atoms. The summed E-state index contributed by atoms with van der Waals surface area (Å²) < 4.78 is 0. The normalized spacial score (nSPS) is 20.9. The Balaban J connectivity index is 2.48. The highest BCUT2D eigenvalue weighted by Crippen LogP contribution is 2.20. The monoisotopic (exact) mass is 144 g/mol. The van der Waals surface area contributed by atoms with Gasteiger partial charge in [0.25, 0.3) is 5.91 Å². The molecule has 2 rings (SSSR count). The first kappa shape index (κ1) is 6.28. The molecule has 53 valence electrons. The van der Waals surface area contributed by atoms with Crippen LogP contribution in [-0.2, 0) is 4.79 Å². The molecule has 0 aromatic rings. The van der Waals surface area contributed by atoms with E-state index in [1.807, 2.05) is 18.2 Å². The third kappa shape index (κ3) is 0.963. The van der Waals surface area contributed by atoms with Gasteiger partial charge in [0, 0.05) is 5.57 Å². The van der Waals surface area contributed by atoms with Gasteiger partial charge in [-0.2, -0.15) is 0 Å². The number of hydrogen-bond donors (Lipinski definition) is 0. The van der Waals surface area contributed by atoms with Gasteiger partial charge in [0.1, 0.15) is 0 Å². The lowest BCUT2D eigenvalue weighted by Crippen LogP contribution is -2.07. The minimum Gasteiger partial charge on any atom is -0.267 e. The Hall–Kier alpha value is -1.44. The lowest BCUT2D eigenvalue weighted by atomic mass is 9.97. The fraction of sp³-hybridized carbons (Fsp3) is 0.111. The molecule has 2 aliphatic rings. The second-order valence-electron chi connectivity index (χ2n) is 2.40. The van der Waals surface area contributed by atoms with Crippen LogP contribution in [0.15, 0.2) is 40.4 Å². The zero-order chi connectivity index (χ0) is 7.68. The number of carbonyl (C=O) groups is 1. The molecule has 1 aliphatic carbocycles. The zero-order valence-electron chi connectivity index (χ0n) is 5.87. The summed E-state index contributed by atoms with van der Waals surface area (Å²) in [5.41, 5.74) is 1.64. The topological polar surface area (TPSA) is 29.4 Å². The molecule has 1 amide bonds. The van der Waals surface area contributed by atoms with E-state index in [-0.39, 0.29) is 5.91 Å². The molecule has 2 heteroatoms. The van der Waals surface area contributed by atoms with E-state index >= 15 is 0 Å². The maximum absolute atomic E-state index is 11.1. The highest BCUT2D eigenvalue weighted by molar-refractivity contribution is 6.08. The molecule has 0 atom stereocenters. The Bertz CT molecular complexity index is 318. The van der Waals surface area contributed by atoms with E-state index in [1.54, 1.807) is 6.08 Å². The lowest BCUT2D eigenvalue weighted by Gasteiger charge is -2.09. The summed E-state index contributed by atoms with van der Waals surface area (Å²) in [6.07, 6.45) is 10.9. The minimum atomic E-state index is -0.174. The molecule has 0 aromatic heterocycles. The first-order valence-electron chi connectivity index (χ1n) is 3.46. The second kappa shape index (κ2) is 2.31.